The molecule has 1 amide bonds. The highest BCUT2D eigenvalue weighted by Gasteiger charge is 2.52. The van der Waals surface area contributed by atoms with Crippen LogP contribution in [0.25, 0.3) is 0 Å². The zero-order chi connectivity index (χ0) is 12.6. The van der Waals surface area contributed by atoms with Crippen LogP contribution in [0, 0.1) is 0 Å². The second-order valence-corrected chi connectivity index (χ2v) is 6.24. The molecule has 0 bridgehead atoms. The molecule has 2 saturated heterocycles. The van der Waals surface area contributed by atoms with Gasteiger partial charge >= 0.3 is 0 Å². The number of primary amides is 1. The van der Waals surface area contributed by atoms with Crippen molar-refractivity contribution in [2.75, 3.05) is 13.1 Å². The first-order valence-corrected chi connectivity index (χ1v) is 7.42. The molecule has 5 heteroatoms. The Morgan fingerprint density at radius 1 is 1.61 bits per heavy atom. The van der Waals surface area contributed by atoms with Crippen LogP contribution in [-0.2, 0) is 11.3 Å². The number of thiophene rings is 1. The molecule has 2 atom stereocenters. The van der Waals surface area contributed by atoms with E-state index in [0.29, 0.717) is 6.04 Å². The molecule has 18 heavy (non-hydrogen) atoms. The lowest BCUT2D eigenvalue weighted by atomic mass is 9.87. The third-order valence-corrected chi connectivity index (χ3v) is 5.20. The number of rotatable bonds is 4. The molecule has 4 nitrogen and oxygen atoms in total. The number of nitrogens with zero attached hydrogens (tertiary/aromatic N) is 1. The van der Waals surface area contributed by atoms with Crippen LogP contribution in [0.5, 0.6) is 0 Å². The molecule has 2 unspecified atom stereocenters. The SMILES string of the molecule is NC(=O)C1(NCc2cccs2)CCN2CCCC21. The maximum atomic E-state index is 12.0. The highest BCUT2D eigenvalue weighted by atomic mass is 32.1. The number of fused-ring (bicyclic) bond motifs is 1. The number of amides is 1. The third kappa shape index (κ3) is 1.86. The second kappa shape index (κ2) is 4.64. The van der Waals surface area contributed by atoms with Gasteiger partial charge in [0, 0.05) is 24.0 Å². The van der Waals surface area contributed by atoms with E-state index in [4.69, 9.17) is 5.73 Å². The first-order chi connectivity index (χ1) is 8.72. The van der Waals surface area contributed by atoms with Crippen LogP contribution in [0.1, 0.15) is 24.1 Å². The monoisotopic (exact) mass is 265 g/mol. The fraction of sp³-hybridized carbons (Fsp3) is 0.615. The molecule has 2 fully saturated rings. The molecule has 3 N–H and O–H groups in total. The molecule has 0 saturated carbocycles. The average Bonchev–Trinajstić information content (AvgIpc) is 3.05. The molecule has 1 aromatic heterocycles. The lowest BCUT2D eigenvalue weighted by molar-refractivity contribution is -0.125. The van der Waals surface area contributed by atoms with Gasteiger partial charge in [0.05, 0.1) is 0 Å². The van der Waals surface area contributed by atoms with Gasteiger partial charge in [-0.05, 0) is 37.3 Å². The van der Waals surface area contributed by atoms with Gasteiger partial charge in [-0.1, -0.05) is 6.07 Å². The molecule has 3 heterocycles. The number of nitrogens with two attached hydrogens (primary N) is 1. The van der Waals surface area contributed by atoms with E-state index in [9.17, 15) is 4.79 Å². The molecule has 1 aromatic rings. The van der Waals surface area contributed by atoms with Crippen molar-refractivity contribution >= 4 is 17.2 Å². The van der Waals surface area contributed by atoms with E-state index in [1.807, 2.05) is 6.07 Å². The Hall–Kier alpha value is -0.910. The van der Waals surface area contributed by atoms with E-state index in [-0.39, 0.29) is 5.91 Å². The lowest BCUT2D eigenvalue weighted by Gasteiger charge is -2.33. The quantitative estimate of drug-likeness (QED) is 0.851. The van der Waals surface area contributed by atoms with E-state index in [2.05, 4.69) is 21.7 Å². The molecular formula is C13H19N3OS. The Morgan fingerprint density at radius 2 is 2.50 bits per heavy atom. The standard InChI is InChI=1S/C13H19N3OS/c14-12(17)13(15-9-10-3-2-8-18-10)5-7-16-6-1-4-11(13)16/h2-3,8,11,15H,1,4-7,9H2,(H2,14,17). The molecular weight excluding hydrogens is 246 g/mol. The molecule has 0 spiro atoms. The smallest absolute Gasteiger partial charge is 0.239 e. The summed E-state index contributed by atoms with van der Waals surface area (Å²) in [6.07, 6.45) is 3.11. The van der Waals surface area contributed by atoms with Crippen molar-refractivity contribution in [1.82, 2.24) is 10.2 Å². The number of nitrogens with one attached hydrogen (secondary N) is 1. The fourth-order valence-electron chi connectivity index (χ4n) is 3.38. The number of carbonyl (C=O) groups excluding carboxylic acids is 1. The van der Waals surface area contributed by atoms with Crippen molar-refractivity contribution in [2.45, 2.75) is 37.4 Å². The Kier molecular flexibility index (Phi) is 3.13. The normalized spacial score (nSPS) is 31.7. The minimum absolute atomic E-state index is 0.187. The topological polar surface area (TPSA) is 58.4 Å². The predicted octanol–water partition coefficient (Wildman–Crippen LogP) is 0.930. The summed E-state index contributed by atoms with van der Waals surface area (Å²) in [5, 5.41) is 5.52. The minimum atomic E-state index is -0.513. The van der Waals surface area contributed by atoms with Crippen LogP contribution in [0.4, 0.5) is 0 Å². The van der Waals surface area contributed by atoms with Crippen LogP contribution < -0.4 is 11.1 Å². The number of carbonyl (C=O) groups is 1. The zero-order valence-electron chi connectivity index (χ0n) is 10.4. The van der Waals surface area contributed by atoms with Gasteiger partial charge in [0.15, 0.2) is 0 Å². The summed E-state index contributed by atoms with van der Waals surface area (Å²) in [4.78, 5) is 15.6. The molecule has 0 aliphatic carbocycles. The van der Waals surface area contributed by atoms with E-state index in [0.717, 1.165) is 32.5 Å². The molecule has 0 aromatic carbocycles. The van der Waals surface area contributed by atoms with Gasteiger partial charge in [-0.3, -0.25) is 15.0 Å². The largest absolute Gasteiger partial charge is 0.368 e. The van der Waals surface area contributed by atoms with Crippen LogP contribution >= 0.6 is 11.3 Å². The molecule has 2 aliphatic rings. The number of hydrogen-bond acceptors (Lipinski definition) is 4. The van der Waals surface area contributed by atoms with Crippen molar-refractivity contribution in [1.29, 1.82) is 0 Å². The second-order valence-electron chi connectivity index (χ2n) is 5.21. The predicted molar refractivity (Wildman–Crippen MR) is 72.3 cm³/mol. The van der Waals surface area contributed by atoms with Crippen molar-refractivity contribution in [3.8, 4) is 0 Å². The Bertz CT molecular complexity index is 433. The summed E-state index contributed by atoms with van der Waals surface area (Å²) in [5.74, 6) is -0.187. The zero-order valence-corrected chi connectivity index (χ0v) is 11.2. The average molecular weight is 265 g/mol. The van der Waals surface area contributed by atoms with Crippen molar-refractivity contribution in [2.24, 2.45) is 5.73 Å². The lowest BCUT2D eigenvalue weighted by Crippen LogP contribution is -2.61. The highest BCUT2D eigenvalue weighted by molar-refractivity contribution is 7.09. The van der Waals surface area contributed by atoms with Crippen molar-refractivity contribution in [3.63, 3.8) is 0 Å². The van der Waals surface area contributed by atoms with E-state index >= 15 is 0 Å². The summed E-state index contributed by atoms with van der Waals surface area (Å²) in [6.45, 7) is 2.84. The van der Waals surface area contributed by atoms with Gasteiger partial charge in [0.1, 0.15) is 5.54 Å². The van der Waals surface area contributed by atoms with Crippen LogP contribution in [0.15, 0.2) is 17.5 Å². The Balaban J connectivity index is 1.77. The summed E-state index contributed by atoms with van der Waals surface area (Å²) in [6, 6.07) is 4.43. The van der Waals surface area contributed by atoms with Gasteiger partial charge in [-0.25, -0.2) is 0 Å². The molecule has 98 valence electrons. The van der Waals surface area contributed by atoms with E-state index in [1.54, 1.807) is 11.3 Å². The first-order valence-electron chi connectivity index (χ1n) is 6.54. The van der Waals surface area contributed by atoms with Gasteiger partial charge in [-0.15, -0.1) is 11.3 Å². The van der Waals surface area contributed by atoms with Crippen molar-refractivity contribution in [3.05, 3.63) is 22.4 Å². The summed E-state index contributed by atoms with van der Waals surface area (Å²) in [5.41, 5.74) is 5.19. The summed E-state index contributed by atoms with van der Waals surface area (Å²) >= 11 is 1.71. The third-order valence-electron chi connectivity index (χ3n) is 4.32. The summed E-state index contributed by atoms with van der Waals surface area (Å²) in [7, 11) is 0. The van der Waals surface area contributed by atoms with Gasteiger partial charge in [0.2, 0.25) is 5.91 Å². The van der Waals surface area contributed by atoms with E-state index < -0.39 is 5.54 Å². The first kappa shape index (κ1) is 12.1. The van der Waals surface area contributed by atoms with Gasteiger partial charge < -0.3 is 5.73 Å². The maximum Gasteiger partial charge on any atom is 0.239 e. The Labute approximate surface area is 111 Å². The minimum Gasteiger partial charge on any atom is -0.368 e. The highest BCUT2D eigenvalue weighted by Crippen LogP contribution is 2.36. The van der Waals surface area contributed by atoms with E-state index in [1.165, 1.54) is 11.3 Å². The van der Waals surface area contributed by atoms with Crippen LogP contribution in [-0.4, -0.2) is 35.5 Å². The van der Waals surface area contributed by atoms with Crippen LogP contribution in [0.3, 0.4) is 0 Å². The molecule has 2 aliphatic heterocycles. The Morgan fingerprint density at radius 3 is 3.22 bits per heavy atom. The van der Waals surface area contributed by atoms with Crippen molar-refractivity contribution < 1.29 is 4.79 Å². The maximum absolute atomic E-state index is 12.0. The molecule has 0 radical (unpaired) electrons. The fourth-order valence-corrected chi connectivity index (χ4v) is 4.02. The summed E-state index contributed by atoms with van der Waals surface area (Å²) < 4.78 is 0. The van der Waals surface area contributed by atoms with Crippen LogP contribution in [0.2, 0.25) is 0 Å². The number of hydrogen-bond donors (Lipinski definition) is 2. The van der Waals surface area contributed by atoms with Gasteiger partial charge in [0.25, 0.3) is 0 Å². The van der Waals surface area contributed by atoms with Gasteiger partial charge in [-0.2, -0.15) is 0 Å². The molecule has 3 rings (SSSR count).